The van der Waals surface area contributed by atoms with Gasteiger partial charge in [-0.25, -0.2) is 0 Å². The molecule has 0 saturated heterocycles. The summed E-state index contributed by atoms with van der Waals surface area (Å²) in [6.07, 6.45) is 0. The second-order valence-electron chi connectivity index (χ2n) is 2.76. The molecular formula is C11H16N. The molecule has 1 rings (SSSR count). The zero-order valence-corrected chi connectivity index (χ0v) is 7.83. The maximum Gasteiger partial charge on any atom is 0.0545 e. The summed E-state index contributed by atoms with van der Waals surface area (Å²) in [5, 5.41) is 0. The first kappa shape index (κ1) is 9.27. The predicted octanol–water partition coefficient (Wildman–Crippen LogP) is 2.54. The van der Waals surface area contributed by atoms with Crippen LogP contribution in [0.1, 0.15) is 19.4 Å². The molecule has 0 spiro atoms. The van der Waals surface area contributed by atoms with Crippen molar-refractivity contribution < 1.29 is 0 Å². The van der Waals surface area contributed by atoms with Crippen molar-refractivity contribution in [2.45, 2.75) is 13.8 Å². The number of hydrogen-bond acceptors (Lipinski definition) is 1. The fourth-order valence-corrected chi connectivity index (χ4v) is 1.16. The van der Waals surface area contributed by atoms with E-state index >= 15 is 0 Å². The third kappa shape index (κ3) is 2.67. The maximum atomic E-state index is 2.29. The third-order valence-electron chi connectivity index (χ3n) is 1.94. The van der Waals surface area contributed by atoms with Crippen LogP contribution >= 0.6 is 0 Å². The minimum atomic E-state index is 1.07. The average Bonchev–Trinajstić information content (AvgIpc) is 2.16. The summed E-state index contributed by atoms with van der Waals surface area (Å²) in [6, 6.07) is 10.4. The Labute approximate surface area is 75.0 Å². The van der Waals surface area contributed by atoms with E-state index in [2.05, 4.69) is 49.6 Å². The molecule has 1 radical (unpaired) electrons. The molecule has 0 N–H and O–H groups in total. The van der Waals surface area contributed by atoms with Crippen molar-refractivity contribution in [3.05, 3.63) is 42.4 Å². The minimum Gasteiger partial charge on any atom is -0.295 e. The fourth-order valence-electron chi connectivity index (χ4n) is 1.16. The maximum absolute atomic E-state index is 2.29. The van der Waals surface area contributed by atoms with Crippen molar-refractivity contribution >= 4 is 0 Å². The van der Waals surface area contributed by atoms with Gasteiger partial charge >= 0.3 is 0 Å². The van der Waals surface area contributed by atoms with E-state index in [0.717, 1.165) is 13.1 Å². The molecule has 0 heterocycles. The lowest BCUT2D eigenvalue weighted by Gasteiger charge is -2.16. The summed E-state index contributed by atoms with van der Waals surface area (Å²) in [7, 11) is 0. The highest BCUT2D eigenvalue weighted by atomic mass is 15.1. The molecule has 1 nitrogen and oxygen atoms in total. The largest absolute Gasteiger partial charge is 0.295 e. The van der Waals surface area contributed by atoms with Crippen molar-refractivity contribution in [3.63, 3.8) is 0 Å². The molecule has 1 aromatic rings. The van der Waals surface area contributed by atoms with E-state index in [1.807, 2.05) is 6.07 Å². The molecule has 0 aliphatic rings. The molecule has 0 amide bonds. The fraction of sp³-hybridized carbons (Fsp3) is 0.364. The van der Waals surface area contributed by atoms with Gasteiger partial charge in [-0.05, 0) is 18.7 Å². The van der Waals surface area contributed by atoms with Crippen molar-refractivity contribution in [2.75, 3.05) is 13.1 Å². The molecule has 0 aliphatic heterocycles. The smallest absolute Gasteiger partial charge is 0.0545 e. The second-order valence-corrected chi connectivity index (χ2v) is 2.76. The third-order valence-corrected chi connectivity index (χ3v) is 1.94. The molecule has 0 atom stereocenters. The van der Waals surface area contributed by atoms with Gasteiger partial charge in [-0.15, -0.1) is 0 Å². The molecule has 0 bridgehead atoms. The summed E-state index contributed by atoms with van der Waals surface area (Å²) in [4.78, 5) is 2.29. The Morgan fingerprint density at radius 3 is 2.17 bits per heavy atom. The molecule has 1 aromatic carbocycles. The Morgan fingerprint density at radius 2 is 1.67 bits per heavy atom. The minimum absolute atomic E-state index is 1.07. The van der Waals surface area contributed by atoms with Crippen LogP contribution in [0.5, 0.6) is 0 Å². The van der Waals surface area contributed by atoms with E-state index in [1.165, 1.54) is 5.56 Å². The lowest BCUT2D eigenvalue weighted by molar-refractivity contribution is 0.384. The van der Waals surface area contributed by atoms with Gasteiger partial charge in [-0.2, -0.15) is 0 Å². The number of nitrogens with zero attached hydrogens (tertiary/aromatic N) is 1. The van der Waals surface area contributed by atoms with Crippen LogP contribution in [-0.4, -0.2) is 18.0 Å². The monoisotopic (exact) mass is 162 g/mol. The van der Waals surface area contributed by atoms with Crippen LogP contribution in [-0.2, 0) is 0 Å². The lowest BCUT2D eigenvalue weighted by atomic mass is 10.2. The van der Waals surface area contributed by atoms with Crippen molar-refractivity contribution in [1.29, 1.82) is 0 Å². The second kappa shape index (κ2) is 4.94. The number of hydrogen-bond donors (Lipinski definition) is 0. The van der Waals surface area contributed by atoms with Gasteiger partial charge < -0.3 is 0 Å². The molecule has 0 aromatic heterocycles. The molecule has 0 saturated carbocycles. The zero-order chi connectivity index (χ0) is 8.81. The van der Waals surface area contributed by atoms with Crippen LogP contribution in [0.4, 0.5) is 0 Å². The predicted molar refractivity (Wildman–Crippen MR) is 52.8 cm³/mol. The summed E-state index contributed by atoms with van der Waals surface area (Å²) in [6.45, 7) is 8.68. The molecule has 0 aliphatic carbocycles. The van der Waals surface area contributed by atoms with Gasteiger partial charge in [0.2, 0.25) is 0 Å². The van der Waals surface area contributed by atoms with Gasteiger partial charge in [-0.1, -0.05) is 44.2 Å². The van der Waals surface area contributed by atoms with E-state index in [4.69, 9.17) is 0 Å². The molecule has 1 heteroatoms. The van der Waals surface area contributed by atoms with E-state index < -0.39 is 0 Å². The summed E-state index contributed by atoms with van der Waals surface area (Å²) < 4.78 is 0. The summed E-state index contributed by atoms with van der Waals surface area (Å²) >= 11 is 0. The van der Waals surface area contributed by atoms with Crippen LogP contribution < -0.4 is 0 Å². The Bertz CT molecular complexity index is 202. The summed E-state index contributed by atoms with van der Waals surface area (Å²) in [5.74, 6) is 0. The molecular weight excluding hydrogens is 146 g/mol. The van der Waals surface area contributed by atoms with E-state index in [9.17, 15) is 0 Å². The first-order valence-corrected chi connectivity index (χ1v) is 4.50. The molecule has 65 valence electrons. The first-order valence-electron chi connectivity index (χ1n) is 4.50. The van der Waals surface area contributed by atoms with Crippen LogP contribution in [0.3, 0.4) is 0 Å². The van der Waals surface area contributed by atoms with Gasteiger partial charge in [-0.3, -0.25) is 4.90 Å². The SMILES string of the molecule is CCN([CH]c1ccccc1)CC. The van der Waals surface area contributed by atoms with E-state index in [-0.39, 0.29) is 0 Å². The van der Waals surface area contributed by atoms with Crippen molar-refractivity contribution in [1.82, 2.24) is 4.90 Å². The highest BCUT2D eigenvalue weighted by molar-refractivity contribution is 5.21. The standard InChI is InChI=1S/C11H16N/c1-3-12(4-2)10-11-8-6-5-7-9-11/h5-10H,3-4H2,1-2H3. The zero-order valence-electron chi connectivity index (χ0n) is 7.83. The number of rotatable bonds is 4. The van der Waals surface area contributed by atoms with Gasteiger partial charge in [0.05, 0.1) is 6.54 Å². The Morgan fingerprint density at radius 1 is 1.08 bits per heavy atom. The van der Waals surface area contributed by atoms with Crippen molar-refractivity contribution in [2.24, 2.45) is 0 Å². The van der Waals surface area contributed by atoms with Crippen LogP contribution in [0, 0.1) is 6.54 Å². The van der Waals surface area contributed by atoms with Crippen LogP contribution in [0.25, 0.3) is 0 Å². The van der Waals surface area contributed by atoms with Gasteiger partial charge in [0.15, 0.2) is 0 Å². The van der Waals surface area contributed by atoms with Gasteiger partial charge in [0, 0.05) is 0 Å². The van der Waals surface area contributed by atoms with Gasteiger partial charge in [0.1, 0.15) is 0 Å². The van der Waals surface area contributed by atoms with Crippen molar-refractivity contribution in [3.8, 4) is 0 Å². The first-order chi connectivity index (χ1) is 5.86. The van der Waals surface area contributed by atoms with Gasteiger partial charge in [0.25, 0.3) is 0 Å². The summed E-state index contributed by atoms with van der Waals surface area (Å²) in [5.41, 5.74) is 1.28. The molecule has 0 fully saturated rings. The number of benzene rings is 1. The lowest BCUT2D eigenvalue weighted by Crippen LogP contribution is -2.19. The van der Waals surface area contributed by atoms with Crippen LogP contribution in [0.15, 0.2) is 30.3 Å². The molecule has 0 unspecified atom stereocenters. The highest BCUT2D eigenvalue weighted by Crippen LogP contribution is 2.05. The Hall–Kier alpha value is -0.820. The van der Waals surface area contributed by atoms with Crippen LogP contribution in [0.2, 0.25) is 0 Å². The average molecular weight is 162 g/mol. The molecule has 12 heavy (non-hydrogen) atoms. The Balaban J connectivity index is 2.51. The van der Waals surface area contributed by atoms with E-state index in [1.54, 1.807) is 0 Å². The van der Waals surface area contributed by atoms with E-state index in [0.29, 0.717) is 0 Å². The quantitative estimate of drug-likeness (QED) is 0.657. The normalized spacial score (nSPS) is 10.6. The highest BCUT2D eigenvalue weighted by Gasteiger charge is 1.99. The Kier molecular flexibility index (Phi) is 3.81. The topological polar surface area (TPSA) is 3.24 Å².